The van der Waals surface area contributed by atoms with E-state index in [1.807, 2.05) is 0 Å². The third-order valence-corrected chi connectivity index (χ3v) is 6.00. The van der Waals surface area contributed by atoms with Gasteiger partial charge in [-0.25, -0.2) is 0 Å². The molecule has 0 radical (unpaired) electrons. The van der Waals surface area contributed by atoms with Crippen molar-refractivity contribution in [3.05, 3.63) is 47.2 Å². The molecule has 1 aromatic heterocycles. The molecule has 4 heterocycles. The van der Waals surface area contributed by atoms with Gasteiger partial charge in [-0.15, -0.1) is 0 Å². The van der Waals surface area contributed by atoms with Crippen LogP contribution in [0.25, 0.3) is 10.9 Å². The molecule has 4 aliphatic rings. The molecule has 1 aromatic carbocycles. The summed E-state index contributed by atoms with van der Waals surface area (Å²) < 4.78 is 6.27. The Morgan fingerprint density at radius 2 is 2.18 bits per heavy atom. The maximum Gasteiger partial charge on any atom is 0.0981 e. The molecule has 3 heteroatoms. The highest BCUT2D eigenvalue weighted by Crippen LogP contribution is 2.46. The van der Waals surface area contributed by atoms with Gasteiger partial charge in [-0.3, -0.25) is 0 Å². The van der Waals surface area contributed by atoms with E-state index in [-0.39, 0.29) is 6.10 Å². The lowest BCUT2D eigenvalue weighted by Gasteiger charge is -2.47. The van der Waals surface area contributed by atoms with Gasteiger partial charge in [0.05, 0.1) is 12.7 Å². The first-order chi connectivity index (χ1) is 10.8. The fourth-order valence-corrected chi connectivity index (χ4v) is 4.85. The Morgan fingerprint density at radius 1 is 1.27 bits per heavy atom. The average Bonchev–Trinajstić information content (AvgIpc) is 2.91. The number of hydrogen-bond donors (Lipinski definition) is 2. The number of benzene rings is 1. The third-order valence-electron chi connectivity index (χ3n) is 6.00. The summed E-state index contributed by atoms with van der Waals surface area (Å²) in [5, 5.41) is 5.16. The van der Waals surface area contributed by atoms with Crippen molar-refractivity contribution in [1.29, 1.82) is 0 Å². The normalized spacial score (nSPS) is 35.4. The number of nitrogens with one attached hydrogen (secondary N) is 2. The lowest BCUT2D eigenvalue weighted by molar-refractivity contribution is -0.0633. The van der Waals surface area contributed by atoms with E-state index in [1.165, 1.54) is 22.2 Å². The highest BCUT2D eigenvalue weighted by atomic mass is 16.5. The van der Waals surface area contributed by atoms with Gasteiger partial charge < -0.3 is 15.0 Å². The van der Waals surface area contributed by atoms with Gasteiger partial charge in [0.2, 0.25) is 0 Å². The van der Waals surface area contributed by atoms with E-state index >= 15 is 0 Å². The number of rotatable bonds is 0. The highest BCUT2D eigenvalue weighted by Gasteiger charge is 2.44. The number of piperidine rings is 1. The third kappa shape index (κ3) is 1.70. The van der Waals surface area contributed by atoms with Gasteiger partial charge in [-0.2, -0.15) is 0 Å². The standard InChI is InChI=1S/C19H22N2O/c1-2-11-9-20-17-7-14-12-5-3-4-6-16(12)21-19(14)18-8-13(11)15(17)10-22-18/h2-6,13,15,17-18,20-21H,7-10H2,1H3/b11-2-/t13-,15-,17-,18+/m0/s1. The molecule has 0 saturated carbocycles. The minimum atomic E-state index is 0.234. The van der Waals surface area contributed by atoms with Crippen LogP contribution in [-0.4, -0.2) is 24.2 Å². The van der Waals surface area contributed by atoms with Crippen LogP contribution in [0.1, 0.15) is 30.7 Å². The molecule has 4 atom stereocenters. The first kappa shape index (κ1) is 12.9. The maximum atomic E-state index is 6.27. The van der Waals surface area contributed by atoms with Crippen LogP contribution >= 0.6 is 0 Å². The van der Waals surface area contributed by atoms with Crippen molar-refractivity contribution in [1.82, 2.24) is 10.3 Å². The molecule has 0 amide bonds. The highest BCUT2D eigenvalue weighted by molar-refractivity contribution is 5.85. The number of allylic oxidation sites excluding steroid dienone is 1. The predicted octanol–water partition coefficient (Wildman–Crippen LogP) is 3.34. The lowest BCUT2D eigenvalue weighted by Crippen LogP contribution is -2.53. The van der Waals surface area contributed by atoms with Gasteiger partial charge in [0, 0.05) is 35.1 Å². The Kier molecular flexibility index (Phi) is 2.76. The Bertz CT molecular complexity index is 760. The summed E-state index contributed by atoms with van der Waals surface area (Å²) in [6.07, 6.45) is 4.80. The van der Waals surface area contributed by atoms with Crippen molar-refractivity contribution in [2.24, 2.45) is 11.8 Å². The average molecular weight is 294 g/mol. The summed E-state index contributed by atoms with van der Waals surface area (Å²) in [6.45, 7) is 4.12. The van der Waals surface area contributed by atoms with E-state index in [9.17, 15) is 0 Å². The van der Waals surface area contributed by atoms with Crippen LogP contribution in [-0.2, 0) is 11.2 Å². The minimum Gasteiger partial charge on any atom is -0.372 e. The number of aromatic amines is 1. The number of H-pyrrole nitrogens is 1. The van der Waals surface area contributed by atoms with Crippen LogP contribution in [0, 0.1) is 11.8 Å². The van der Waals surface area contributed by atoms with Crippen LogP contribution in [0.3, 0.4) is 0 Å². The molecular weight excluding hydrogens is 272 g/mol. The number of fused-ring (bicyclic) bond motifs is 2. The van der Waals surface area contributed by atoms with Gasteiger partial charge in [-0.1, -0.05) is 29.8 Å². The van der Waals surface area contributed by atoms with Crippen LogP contribution < -0.4 is 5.32 Å². The first-order valence-corrected chi connectivity index (χ1v) is 8.44. The van der Waals surface area contributed by atoms with Gasteiger partial charge in [0.15, 0.2) is 0 Å². The second-order valence-electron chi connectivity index (χ2n) is 6.95. The van der Waals surface area contributed by atoms with Gasteiger partial charge >= 0.3 is 0 Å². The molecular formula is C19H22N2O. The number of aromatic nitrogens is 1. The maximum absolute atomic E-state index is 6.27. The van der Waals surface area contributed by atoms with E-state index in [4.69, 9.17) is 4.74 Å². The van der Waals surface area contributed by atoms with E-state index in [1.54, 1.807) is 5.57 Å². The SMILES string of the molecule is C/C=C1/CN[C@H]2Cc3c([nH]c4ccccc34)[C@H]3C[C@@H]1[C@@H]2CO3. The Hall–Kier alpha value is -1.58. The van der Waals surface area contributed by atoms with Crippen molar-refractivity contribution in [3.8, 4) is 0 Å². The zero-order valence-corrected chi connectivity index (χ0v) is 12.9. The fraction of sp³-hybridized carbons (Fsp3) is 0.474. The van der Waals surface area contributed by atoms with Gasteiger partial charge in [-0.05, 0) is 37.3 Å². The minimum absolute atomic E-state index is 0.234. The molecule has 22 heavy (non-hydrogen) atoms. The van der Waals surface area contributed by atoms with Crippen molar-refractivity contribution in [2.45, 2.75) is 31.9 Å². The van der Waals surface area contributed by atoms with Gasteiger partial charge in [0.25, 0.3) is 0 Å². The van der Waals surface area contributed by atoms with Crippen LogP contribution in [0.2, 0.25) is 0 Å². The van der Waals surface area contributed by atoms with E-state index in [0.717, 1.165) is 26.0 Å². The predicted molar refractivity (Wildman–Crippen MR) is 87.8 cm³/mol. The van der Waals surface area contributed by atoms with E-state index in [2.05, 4.69) is 47.6 Å². The summed E-state index contributed by atoms with van der Waals surface area (Å²) in [4.78, 5) is 3.66. The monoisotopic (exact) mass is 294 g/mol. The topological polar surface area (TPSA) is 37.0 Å². The smallest absolute Gasteiger partial charge is 0.0981 e. The number of hydrogen-bond acceptors (Lipinski definition) is 2. The summed E-state index contributed by atoms with van der Waals surface area (Å²) in [5.41, 5.74) is 5.63. The van der Waals surface area contributed by atoms with Crippen LogP contribution in [0.5, 0.6) is 0 Å². The van der Waals surface area contributed by atoms with E-state index < -0.39 is 0 Å². The molecule has 4 bridgehead atoms. The molecule has 114 valence electrons. The molecule has 2 saturated heterocycles. The van der Waals surface area contributed by atoms with Crippen LogP contribution in [0.4, 0.5) is 0 Å². The largest absolute Gasteiger partial charge is 0.372 e. The fourth-order valence-electron chi connectivity index (χ4n) is 4.85. The zero-order valence-electron chi connectivity index (χ0n) is 12.9. The Morgan fingerprint density at radius 3 is 3.09 bits per heavy atom. The molecule has 1 aliphatic carbocycles. The molecule has 2 N–H and O–H groups in total. The first-order valence-electron chi connectivity index (χ1n) is 8.44. The van der Waals surface area contributed by atoms with Crippen molar-refractivity contribution in [2.75, 3.05) is 13.2 Å². The van der Waals surface area contributed by atoms with Crippen LogP contribution in [0.15, 0.2) is 35.9 Å². The summed E-state index contributed by atoms with van der Waals surface area (Å²) in [7, 11) is 0. The Labute approximate surface area is 130 Å². The second kappa shape index (κ2) is 4.71. The molecule has 2 aromatic rings. The summed E-state index contributed by atoms with van der Waals surface area (Å²) >= 11 is 0. The quantitative estimate of drug-likeness (QED) is 0.731. The van der Waals surface area contributed by atoms with E-state index in [0.29, 0.717) is 17.9 Å². The zero-order chi connectivity index (χ0) is 14.7. The van der Waals surface area contributed by atoms with Crippen molar-refractivity contribution >= 4 is 10.9 Å². The molecule has 3 nitrogen and oxygen atoms in total. The van der Waals surface area contributed by atoms with Crippen molar-refractivity contribution < 1.29 is 4.74 Å². The molecule has 0 unspecified atom stereocenters. The Balaban J connectivity index is 1.69. The lowest BCUT2D eigenvalue weighted by atomic mass is 9.69. The molecule has 0 spiro atoms. The number of para-hydroxylation sites is 1. The number of ether oxygens (including phenoxy) is 1. The summed E-state index contributed by atoms with van der Waals surface area (Å²) in [5.74, 6) is 1.31. The van der Waals surface area contributed by atoms with Crippen molar-refractivity contribution in [3.63, 3.8) is 0 Å². The summed E-state index contributed by atoms with van der Waals surface area (Å²) in [6, 6.07) is 9.22. The second-order valence-corrected chi connectivity index (χ2v) is 6.95. The molecule has 3 aliphatic heterocycles. The molecule has 2 fully saturated rings. The molecule has 6 rings (SSSR count). The van der Waals surface area contributed by atoms with Gasteiger partial charge in [0.1, 0.15) is 0 Å².